The average molecular weight is 282 g/mol. The van der Waals surface area contributed by atoms with E-state index in [1.807, 2.05) is 66.5 Å². The van der Waals surface area contributed by atoms with Crippen LogP contribution in [0.1, 0.15) is 0 Å². The Morgan fingerprint density at radius 3 is 2.50 bits per heavy atom. The molecule has 0 amide bonds. The smallest absolute Gasteiger partial charge is 0.160 e. The summed E-state index contributed by atoms with van der Waals surface area (Å²) in [5, 5.41) is 3.35. The first kappa shape index (κ1) is 12.8. The number of aldehydes is 1. The molecule has 3 rings (SSSR count). The molecule has 1 heterocycles. The zero-order chi connectivity index (χ0) is 13.9. The van der Waals surface area contributed by atoms with Gasteiger partial charge in [-0.3, -0.25) is 4.79 Å². The van der Waals surface area contributed by atoms with Gasteiger partial charge in [0.15, 0.2) is 6.29 Å². The largest absolute Gasteiger partial charge is 0.340 e. The number of fused-ring (bicyclic) bond motifs is 1. The van der Waals surface area contributed by atoms with E-state index in [-0.39, 0.29) is 0 Å². The second-order valence-electron chi connectivity index (χ2n) is 4.45. The highest BCUT2D eigenvalue weighted by atomic mass is 32.2. The number of nitrogens with one attached hydrogen (secondary N) is 1. The summed E-state index contributed by atoms with van der Waals surface area (Å²) in [6, 6.07) is 18.0. The van der Waals surface area contributed by atoms with Crippen LogP contribution < -0.4 is 10.2 Å². The predicted octanol–water partition coefficient (Wildman–Crippen LogP) is 3.71. The van der Waals surface area contributed by atoms with Crippen LogP contribution in [0.25, 0.3) is 0 Å². The highest BCUT2D eigenvalue weighted by Gasteiger charge is 2.21. The molecule has 0 bridgehead atoms. The Balaban J connectivity index is 1.99. The number of para-hydroxylation sites is 2. The van der Waals surface area contributed by atoms with Gasteiger partial charge >= 0.3 is 0 Å². The van der Waals surface area contributed by atoms with E-state index in [4.69, 9.17) is 0 Å². The first-order valence-corrected chi connectivity index (χ1v) is 7.13. The van der Waals surface area contributed by atoms with Gasteiger partial charge in [0.2, 0.25) is 0 Å². The Kier molecular flexibility index (Phi) is 3.48. The van der Waals surface area contributed by atoms with Crippen molar-refractivity contribution in [1.29, 1.82) is 0 Å². The quantitative estimate of drug-likeness (QED) is 0.870. The SMILES string of the molecule is CN(C1=C(C=O)Sc2ccccc2N1)c1ccccc1. The number of allylic oxidation sites excluding steroid dienone is 1. The van der Waals surface area contributed by atoms with E-state index in [0.717, 1.165) is 28.4 Å². The second-order valence-corrected chi connectivity index (χ2v) is 5.53. The zero-order valence-electron chi connectivity index (χ0n) is 11.0. The predicted molar refractivity (Wildman–Crippen MR) is 83.9 cm³/mol. The molecular weight excluding hydrogens is 268 g/mol. The lowest BCUT2D eigenvalue weighted by Crippen LogP contribution is -2.26. The van der Waals surface area contributed by atoms with E-state index in [1.54, 1.807) is 0 Å². The molecule has 1 aliphatic heterocycles. The number of rotatable bonds is 3. The summed E-state index contributed by atoms with van der Waals surface area (Å²) in [6.45, 7) is 0. The summed E-state index contributed by atoms with van der Waals surface area (Å²) in [4.78, 5) is 15.1. The van der Waals surface area contributed by atoms with E-state index in [9.17, 15) is 4.79 Å². The van der Waals surface area contributed by atoms with Crippen LogP contribution in [0.15, 0.2) is 70.2 Å². The summed E-state index contributed by atoms with van der Waals surface area (Å²) < 4.78 is 0. The van der Waals surface area contributed by atoms with E-state index in [1.165, 1.54) is 11.8 Å². The number of hydrogen-bond donors (Lipinski definition) is 1. The van der Waals surface area contributed by atoms with Crippen molar-refractivity contribution in [2.24, 2.45) is 0 Å². The maximum absolute atomic E-state index is 11.4. The van der Waals surface area contributed by atoms with E-state index in [0.29, 0.717) is 4.91 Å². The van der Waals surface area contributed by atoms with E-state index >= 15 is 0 Å². The molecule has 1 aliphatic rings. The van der Waals surface area contributed by atoms with Crippen LogP contribution in [0, 0.1) is 0 Å². The Bertz CT molecular complexity index is 667. The van der Waals surface area contributed by atoms with Crippen LogP contribution in [0.4, 0.5) is 11.4 Å². The van der Waals surface area contributed by atoms with Gasteiger partial charge in [0.1, 0.15) is 5.82 Å². The molecule has 2 aromatic rings. The zero-order valence-corrected chi connectivity index (χ0v) is 11.9. The molecule has 0 aliphatic carbocycles. The van der Waals surface area contributed by atoms with Crippen molar-refractivity contribution in [3.8, 4) is 0 Å². The Morgan fingerprint density at radius 2 is 1.75 bits per heavy atom. The molecule has 1 N–H and O–H groups in total. The highest BCUT2D eigenvalue weighted by Crippen LogP contribution is 2.39. The van der Waals surface area contributed by atoms with Crippen molar-refractivity contribution in [2.75, 3.05) is 17.3 Å². The lowest BCUT2D eigenvalue weighted by Gasteiger charge is -2.29. The maximum atomic E-state index is 11.4. The molecule has 4 heteroatoms. The lowest BCUT2D eigenvalue weighted by atomic mass is 10.2. The number of benzene rings is 2. The van der Waals surface area contributed by atoms with Crippen molar-refractivity contribution in [2.45, 2.75) is 4.90 Å². The summed E-state index contributed by atoms with van der Waals surface area (Å²) in [6.07, 6.45) is 0.905. The fraction of sp³-hybridized carbons (Fsp3) is 0.0625. The molecule has 3 nitrogen and oxygen atoms in total. The molecule has 0 radical (unpaired) electrons. The third kappa shape index (κ3) is 2.30. The number of nitrogens with zero attached hydrogens (tertiary/aromatic N) is 1. The first-order valence-electron chi connectivity index (χ1n) is 6.32. The van der Waals surface area contributed by atoms with Crippen molar-refractivity contribution in [3.05, 3.63) is 65.3 Å². The van der Waals surface area contributed by atoms with Crippen LogP contribution in [0.5, 0.6) is 0 Å². The van der Waals surface area contributed by atoms with Crippen molar-refractivity contribution >= 4 is 29.4 Å². The molecule has 0 fully saturated rings. The summed E-state index contributed by atoms with van der Waals surface area (Å²) in [5.74, 6) is 0.815. The third-order valence-corrected chi connectivity index (χ3v) is 4.26. The molecule has 0 atom stereocenters. The molecule has 20 heavy (non-hydrogen) atoms. The third-order valence-electron chi connectivity index (χ3n) is 3.18. The van der Waals surface area contributed by atoms with Crippen molar-refractivity contribution < 1.29 is 4.79 Å². The van der Waals surface area contributed by atoms with Crippen molar-refractivity contribution in [3.63, 3.8) is 0 Å². The minimum atomic E-state index is 0.690. The van der Waals surface area contributed by atoms with Gasteiger partial charge in [-0.1, -0.05) is 42.1 Å². The minimum absolute atomic E-state index is 0.690. The van der Waals surface area contributed by atoms with Crippen LogP contribution in [-0.4, -0.2) is 13.3 Å². The lowest BCUT2D eigenvalue weighted by molar-refractivity contribution is -0.104. The number of hydrogen-bond acceptors (Lipinski definition) is 4. The molecule has 2 aromatic carbocycles. The molecule has 0 unspecified atom stereocenters. The summed E-state index contributed by atoms with van der Waals surface area (Å²) in [7, 11) is 1.95. The Hall–Kier alpha value is -2.20. The number of carbonyl (C=O) groups excluding carboxylic acids is 1. The van der Waals surface area contributed by atoms with Gasteiger partial charge in [-0.25, -0.2) is 0 Å². The van der Waals surface area contributed by atoms with Gasteiger partial charge in [-0.2, -0.15) is 0 Å². The monoisotopic (exact) mass is 282 g/mol. The van der Waals surface area contributed by atoms with Gasteiger partial charge in [0.25, 0.3) is 0 Å². The fourth-order valence-corrected chi connectivity index (χ4v) is 3.07. The average Bonchev–Trinajstić information content (AvgIpc) is 2.53. The standard InChI is InChI=1S/C16H14N2OS/c1-18(12-7-3-2-4-8-12)16-15(11-19)20-14-10-6-5-9-13(14)17-16/h2-11,17H,1H3. The molecular formula is C16H14N2OS. The topological polar surface area (TPSA) is 32.3 Å². The van der Waals surface area contributed by atoms with Crippen LogP contribution in [0.3, 0.4) is 0 Å². The number of anilines is 2. The Morgan fingerprint density at radius 1 is 1.05 bits per heavy atom. The van der Waals surface area contributed by atoms with Crippen LogP contribution in [0.2, 0.25) is 0 Å². The number of thioether (sulfide) groups is 1. The van der Waals surface area contributed by atoms with Crippen LogP contribution >= 0.6 is 11.8 Å². The molecule has 100 valence electrons. The highest BCUT2D eigenvalue weighted by molar-refractivity contribution is 8.04. The minimum Gasteiger partial charge on any atom is -0.340 e. The van der Waals surface area contributed by atoms with Gasteiger partial charge in [0, 0.05) is 17.6 Å². The van der Waals surface area contributed by atoms with E-state index in [2.05, 4.69) is 5.32 Å². The first-order chi connectivity index (χ1) is 9.79. The van der Waals surface area contributed by atoms with Gasteiger partial charge in [0.05, 0.1) is 10.6 Å². The summed E-state index contributed by atoms with van der Waals surface area (Å²) in [5.41, 5.74) is 2.07. The molecule has 0 aromatic heterocycles. The normalized spacial score (nSPS) is 13.4. The van der Waals surface area contributed by atoms with Crippen LogP contribution in [-0.2, 0) is 4.79 Å². The van der Waals surface area contributed by atoms with Gasteiger partial charge in [-0.15, -0.1) is 0 Å². The van der Waals surface area contributed by atoms with Gasteiger partial charge in [-0.05, 0) is 24.3 Å². The fourth-order valence-electron chi connectivity index (χ4n) is 2.12. The number of carbonyl (C=O) groups is 1. The van der Waals surface area contributed by atoms with Crippen molar-refractivity contribution in [1.82, 2.24) is 0 Å². The maximum Gasteiger partial charge on any atom is 0.160 e. The molecule has 0 spiro atoms. The Labute approximate surface area is 122 Å². The van der Waals surface area contributed by atoms with E-state index < -0.39 is 0 Å². The molecule has 0 saturated heterocycles. The second kappa shape index (κ2) is 5.43. The summed E-state index contributed by atoms with van der Waals surface area (Å²) >= 11 is 1.50. The molecule has 0 saturated carbocycles. The van der Waals surface area contributed by atoms with Gasteiger partial charge < -0.3 is 10.2 Å².